The Morgan fingerprint density at radius 2 is 1.93 bits per heavy atom. The van der Waals surface area contributed by atoms with E-state index >= 15 is 0 Å². The summed E-state index contributed by atoms with van der Waals surface area (Å²) in [6.45, 7) is 6.09. The molecule has 29 heavy (non-hydrogen) atoms. The fourth-order valence-electron chi connectivity index (χ4n) is 3.62. The molecule has 0 aliphatic rings. The number of hydrogen-bond acceptors (Lipinski definition) is 4. The molecular formula is C23H25N5O. The molecule has 3 aromatic heterocycles. The number of anilines is 2. The number of hydrogen-bond donors (Lipinski definition) is 2. The van der Waals surface area contributed by atoms with Crippen molar-refractivity contribution in [3.8, 4) is 11.1 Å². The smallest absolute Gasteiger partial charge is 0.258 e. The molecule has 2 N–H and O–H groups in total. The van der Waals surface area contributed by atoms with Gasteiger partial charge in [0, 0.05) is 47.3 Å². The van der Waals surface area contributed by atoms with Gasteiger partial charge >= 0.3 is 0 Å². The lowest BCUT2D eigenvalue weighted by Gasteiger charge is -2.13. The number of benzene rings is 1. The third-order valence-corrected chi connectivity index (χ3v) is 5.20. The van der Waals surface area contributed by atoms with E-state index in [2.05, 4.69) is 27.4 Å². The molecule has 0 fully saturated rings. The minimum Gasteiger partial charge on any atom is -0.339 e. The Morgan fingerprint density at radius 3 is 2.72 bits per heavy atom. The maximum Gasteiger partial charge on any atom is 0.258 e. The molecule has 0 amide bonds. The van der Waals surface area contributed by atoms with Crippen LogP contribution in [0.4, 0.5) is 11.5 Å². The maximum atomic E-state index is 13.1. The van der Waals surface area contributed by atoms with Gasteiger partial charge in [-0.15, -0.1) is 0 Å². The average Bonchev–Trinajstić information content (AvgIpc) is 3.14. The maximum absolute atomic E-state index is 13.1. The molecule has 1 aromatic carbocycles. The lowest BCUT2D eigenvalue weighted by Crippen LogP contribution is -2.19. The number of aryl methyl sites for hydroxylation is 4. The van der Waals surface area contributed by atoms with E-state index in [9.17, 15) is 4.79 Å². The Labute approximate surface area is 169 Å². The van der Waals surface area contributed by atoms with Crippen molar-refractivity contribution < 1.29 is 0 Å². The molecule has 3 heterocycles. The molecular weight excluding hydrogens is 362 g/mol. The molecule has 148 valence electrons. The number of fused-ring (bicyclic) bond motifs is 1. The van der Waals surface area contributed by atoms with Gasteiger partial charge in [0.2, 0.25) is 0 Å². The summed E-state index contributed by atoms with van der Waals surface area (Å²) in [4.78, 5) is 17.5. The van der Waals surface area contributed by atoms with Crippen LogP contribution in [0.1, 0.15) is 30.3 Å². The number of aromatic nitrogens is 4. The van der Waals surface area contributed by atoms with Crippen LogP contribution in [0.5, 0.6) is 0 Å². The highest BCUT2D eigenvalue weighted by molar-refractivity contribution is 5.85. The summed E-state index contributed by atoms with van der Waals surface area (Å²) in [7, 11) is 1.81. The Balaban J connectivity index is 1.77. The van der Waals surface area contributed by atoms with Gasteiger partial charge in [-0.2, -0.15) is 5.10 Å². The second kappa shape index (κ2) is 7.54. The zero-order valence-corrected chi connectivity index (χ0v) is 17.2. The monoisotopic (exact) mass is 387 g/mol. The van der Waals surface area contributed by atoms with Gasteiger partial charge in [-0.1, -0.05) is 19.4 Å². The largest absolute Gasteiger partial charge is 0.339 e. The number of aromatic amines is 1. The molecule has 0 unspecified atom stereocenters. The topological polar surface area (TPSA) is 75.6 Å². The Hall–Kier alpha value is -3.41. The summed E-state index contributed by atoms with van der Waals surface area (Å²) < 4.78 is 1.70. The molecule has 0 aliphatic heterocycles. The molecule has 0 bridgehead atoms. The first kappa shape index (κ1) is 18.9. The molecule has 0 saturated carbocycles. The van der Waals surface area contributed by atoms with Crippen molar-refractivity contribution in [1.82, 2.24) is 19.7 Å². The van der Waals surface area contributed by atoms with Gasteiger partial charge in [0.25, 0.3) is 5.56 Å². The molecule has 0 aliphatic carbocycles. The summed E-state index contributed by atoms with van der Waals surface area (Å²) in [6.07, 6.45) is 3.86. The molecule has 4 rings (SSSR count). The zero-order chi connectivity index (χ0) is 20.5. The van der Waals surface area contributed by atoms with Crippen LogP contribution in [-0.4, -0.2) is 19.7 Å². The van der Waals surface area contributed by atoms with Crippen molar-refractivity contribution >= 4 is 22.4 Å². The SMILES string of the molecule is CCCc1cc(Nc2ccc(C)c(-c3cc4cnc(C)cc4n(C)c3=O)c2)n[nH]1. The minimum atomic E-state index is -0.0200. The van der Waals surface area contributed by atoms with E-state index in [0.29, 0.717) is 5.56 Å². The van der Waals surface area contributed by atoms with E-state index in [0.717, 1.165) is 57.8 Å². The first-order valence-corrected chi connectivity index (χ1v) is 9.85. The minimum absolute atomic E-state index is 0.0200. The molecule has 0 radical (unpaired) electrons. The second-order valence-corrected chi connectivity index (χ2v) is 7.49. The van der Waals surface area contributed by atoms with Crippen LogP contribution in [-0.2, 0) is 13.5 Å². The molecule has 0 atom stereocenters. The van der Waals surface area contributed by atoms with Crippen LogP contribution in [0.15, 0.2) is 47.4 Å². The van der Waals surface area contributed by atoms with Crippen molar-refractivity contribution in [3.63, 3.8) is 0 Å². The Bertz CT molecular complexity index is 1250. The predicted octanol–water partition coefficient (Wildman–Crippen LogP) is 4.64. The summed E-state index contributed by atoms with van der Waals surface area (Å²) in [6, 6.07) is 11.9. The number of nitrogens with zero attached hydrogens (tertiary/aromatic N) is 3. The van der Waals surface area contributed by atoms with E-state index in [4.69, 9.17) is 0 Å². The lowest BCUT2D eigenvalue weighted by molar-refractivity contribution is 0.867. The number of nitrogens with one attached hydrogen (secondary N) is 2. The number of pyridine rings is 2. The standard InChI is InChI=1S/C23H25N5O/c1-5-6-18-12-22(27-26-18)25-17-8-7-14(2)19(11-17)20-10-16-13-24-15(3)9-21(16)28(4)23(20)29/h7-13H,5-6H2,1-4H3,(H2,25,26,27). The second-order valence-electron chi connectivity index (χ2n) is 7.49. The lowest BCUT2D eigenvalue weighted by atomic mass is 9.99. The molecule has 4 aromatic rings. The summed E-state index contributed by atoms with van der Waals surface area (Å²) in [5.41, 5.74) is 6.37. The molecule has 6 heteroatoms. The van der Waals surface area contributed by atoms with E-state index in [1.54, 1.807) is 4.57 Å². The van der Waals surface area contributed by atoms with Crippen LogP contribution >= 0.6 is 0 Å². The fraction of sp³-hybridized carbons (Fsp3) is 0.261. The van der Waals surface area contributed by atoms with Gasteiger partial charge < -0.3 is 9.88 Å². The number of rotatable bonds is 5. The van der Waals surface area contributed by atoms with Crippen LogP contribution in [0.3, 0.4) is 0 Å². The van der Waals surface area contributed by atoms with Gasteiger partial charge in [-0.3, -0.25) is 14.9 Å². The van der Waals surface area contributed by atoms with Gasteiger partial charge in [0.1, 0.15) is 0 Å². The third-order valence-electron chi connectivity index (χ3n) is 5.20. The zero-order valence-electron chi connectivity index (χ0n) is 17.2. The van der Waals surface area contributed by atoms with Crippen molar-refractivity contribution in [1.29, 1.82) is 0 Å². The highest BCUT2D eigenvalue weighted by Gasteiger charge is 2.13. The van der Waals surface area contributed by atoms with Crippen molar-refractivity contribution in [2.24, 2.45) is 7.05 Å². The van der Waals surface area contributed by atoms with Crippen molar-refractivity contribution in [2.75, 3.05) is 5.32 Å². The van der Waals surface area contributed by atoms with Crippen LogP contribution in [0, 0.1) is 13.8 Å². The van der Waals surface area contributed by atoms with Crippen LogP contribution < -0.4 is 10.9 Å². The third kappa shape index (κ3) is 3.66. The van der Waals surface area contributed by atoms with Gasteiger partial charge in [-0.05, 0) is 55.7 Å². The van der Waals surface area contributed by atoms with E-state index in [1.807, 2.05) is 63.5 Å². The van der Waals surface area contributed by atoms with Gasteiger partial charge in [0.05, 0.1) is 5.52 Å². The van der Waals surface area contributed by atoms with Crippen molar-refractivity contribution in [2.45, 2.75) is 33.6 Å². The first-order chi connectivity index (χ1) is 14.0. The predicted molar refractivity (Wildman–Crippen MR) is 118 cm³/mol. The van der Waals surface area contributed by atoms with E-state index < -0.39 is 0 Å². The quantitative estimate of drug-likeness (QED) is 0.523. The fourth-order valence-corrected chi connectivity index (χ4v) is 3.62. The van der Waals surface area contributed by atoms with Crippen molar-refractivity contribution in [3.05, 3.63) is 69.9 Å². The summed E-state index contributed by atoms with van der Waals surface area (Å²) in [5.74, 6) is 0.773. The van der Waals surface area contributed by atoms with Gasteiger partial charge in [0.15, 0.2) is 5.82 Å². The van der Waals surface area contributed by atoms with E-state index in [-0.39, 0.29) is 5.56 Å². The number of H-pyrrole nitrogens is 1. The molecule has 6 nitrogen and oxygen atoms in total. The molecule has 0 saturated heterocycles. The first-order valence-electron chi connectivity index (χ1n) is 9.85. The highest BCUT2D eigenvalue weighted by atomic mass is 16.1. The van der Waals surface area contributed by atoms with Gasteiger partial charge in [-0.25, -0.2) is 0 Å². The van der Waals surface area contributed by atoms with Crippen LogP contribution in [0.2, 0.25) is 0 Å². The van der Waals surface area contributed by atoms with E-state index in [1.165, 1.54) is 0 Å². The summed E-state index contributed by atoms with van der Waals surface area (Å²) in [5, 5.41) is 11.7. The highest BCUT2D eigenvalue weighted by Crippen LogP contribution is 2.28. The average molecular weight is 387 g/mol. The summed E-state index contributed by atoms with van der Waals surface area (Å²) >= 11 is 0. The normalized spacial score (nSPS) is 11.2. The Morgan fingerprint density at radius 1 is 1.10 bits per heavy atom. The Kier molecular flexibility index (Phi) is 4.92. The molecule has 0 spiro atoms. The van der Waals surface area contributed by atoms with Crippen LogP contribution in [0.25, 0.3) is 22.0 Å².